The van der Waals surface area contributed by atoms with Gasteiger partial charge in [0.1, 0.15) is 0 Å². The molecule has 0 aliphatic heterocycles. The zero-order valence-electron chi connectivity index (χ0n) is 13.0. The fraction of sp³-hybridized carbons (Fsp3) is 0.0625. The van der Waals surface area contributed by atoms with Crippen LogP contribution in [0.5, 0.6) is 0 Å². The van der Waals surface area contributed by atoms with Gasteiger partial charge in [0.15, 0.2) is 9.84 Å². The first-order valence-electron chi connectivity index (χ1n) is 7.08. The molecule has 0 bridgehead atoms. The molecule has 0 aliphatic rings. The summed E-state index contributed by atoms with van der Waals surface area (Å²) in [5.74, 6) is -0.214. The predicted octanol–water partition coefficient (Wildman–Crippen LogP) is 2.85. The molecule has 0 fully saturated rings. The van der Waals surface area contributed by atoms with Crippen molar-refractivity contribution < 1.29 is 17.6 Å². The molecule has 2 aromatic heterocycles. The highest BCUT2D eigenvalue weighted by Gasteiger charge is 2.12. The molecule has 0 unspecified atom stereocenters. The second-order valence-electron chi connectivity index (χ2n) is 5.05. The number of thiophene rings is 1. The van der Waals surface area contributed by atoms with Gasteiger partial charge in [0, 0.05) is 22.8 Å². The third-order valence-electron chi connectivity index (χ3n) is 3.13. The zero-order chi connectivity index (χ0) is 17.9. The van der Waals surface area contributed by atoms with E-state index in [4.69, 9.17) is 4.42 Å². The largest absolute Gasteiger partial charge is 0.403 e. The first-order chi connectivity index (χ1) is 11.9. The number of hydrogen-bond donors (Lipinski definition) is 1. The molecule has 0 saturated heterocycles. The van der Waals surface area contributed by atoms with Crippen molar-refractivity contribution >= 4 is 39.2 Å². The number of carbonyl (C=O) groups excluding carboxylic acids is 1. The van der Waals surface area contributed by atoms with Gasteiger partial charge >= 0.3 is 6.01 Å². The number of amides is 1. The average Bonchev–Trinajstić information content (AvgIpc) is 3.24. The Hall–Kier alpha value is -2.78. The Balaban J connectivity index is 1.69. The van der Waals surface area contributed by atoms with E-state index in [1.165, 1.54) is 29.5 Å². The van der Waals surface area contributed by atoms with Crippen molar-refractivity contribution in [3.63, 3.8) is 0 Å². The molecule has 2 heterocycles. The van der Waals surface area contributed by atoms with Crippen LogP contribution in [0.2, 0.25) is 0 Å². The third kappa shape index (κ3) is 4.40. The summed E-state index contributed by atoms with van der Waals surface area (Å²) in [5, 5.41) is 12.0. The van der Waals surface area contributed by atoms with Crippen molar-refractivity contribution in [3.05, 3.63) is 52.7 Å². The summed E-state index contributed by atoms with van der Waals surface area (Å²) < 4.78 is 28.3. The van der Waals surface area contributed by atoms with Gasteiger partial charge in [0.25, 0.3) is 5.91 Å². The number of hydrogen-bond acceptors (Lipinski definition) is 7. The Bertz CT molecular complexity index is 1000. The number of sulfone groups is 1. The lowest BCUT2D eigenvalue weighted by Gasteiger charge is -1.99. The Morgan fingerprint density at radius 2 is 1.96 bits per heavy atom. The summed E-state index contributed by atoms with van der Waals surface area (Å²) in [6.07, 6.45) is 4.18. The maximum atomic E-state index is 11.8. The number of nitrogens with one attached hydrogen (secondary N) is 1. The number of rotatable bonds is 5. The first-order valence-corrected chi connectivity index (χ1v) is 9.85. The average molecular weight is 375 g/mol. The second-order valence-corrected chi connectivity index (χ2v) is 8.04. The molecule has 1 N–H and O–H groups in total. The lowest BCUT2D eigenvalue weighted by molar-refractivity contribution is -0.112. The molecule has 7 nitrogen and oxygen atoms in total. The van der Waals surface area contributed by atoms with Crippen LogP contribution in [0.4, 0.5) is 6.01 Å². The molecule has 3 aromatic rings. The van der Waals surface area contributed by atoms with Gasteiger partial charge in [-0.25, -0.2) is 8.42 Å². The van der Waals surface area contributed by atoms with Crippen LogP contribution in [0.1, 0.15) is 4.88 Å². The molecule has 0 saturated carbocycles. The predicted molar refractivity (Wildman–Crippen MR) is 94.8 cm³/mol. The molecule has 1 aromatic carbocycles. The van der Waals surface area contributed by atoms with Crippen LogP contribution in [0.15, 0.2) is 57.2 Å². The highest BCUT2D eigenvalue weighted by atomic mass is 32.2. The molecule has 0 aliphatic carbocycles. The van der Waals surface area contributed by atoms with E-state index in [2.05, 4.69) is 15.5 Å². The van der Waals surface area contributed by atoms with Crippen molar-refractivity contribution in [3.8, 4) is 11.5 Å². The number of nitrogens with zero attached hydrogens (tertiary/aromatic N) is 2. The van der Waals surface area contributed by atoms with Crippen LogP contribution in [0.25, 0.3) is 17.5 Å². The van der Waals surface area contributed by atoms with Gasteiger partial charge in [-0.15, -0.1) is 16.4 Å². The summed E-state index contributed by atoms with van der Waals surface area (Å²) in [6.45, 7) is 0. The summed E-state index contributed by atoms with van der Waals surface area (Å²) in [7, 11) is -3.27. The number of anilines is 1. The fourth-order valence-electron chi connectivity index (χ4n) is 1.93. The summed E-state index contributed by atoms with van der Waals surface area (Å²) in [4.78, 5) is 13.0. The number of aromatic nitrogens is 2. The molecule has 3 rings (SSSR count). The van der Waals surface area contributed by atoms with Gasteiger partial charge in [0.2, 0.25) is 5.89 Å². The van der Waals surface area contributed by atoms with Crippen LogP contribution < -0.4 is 5.32 Å². The Morgan fingerprint density at radius 3 is 2.60 bits per heavy atom. The van der Waals surface area contributed by atoms with Gasteiger partial charge in [-0.3, -0.25) is 10.1 Å². The van der Waals surface area contributed by atoms with Gasteiger partial charge in [-0.1, -0.05) is 11.2 Å². The van der Waals surface area contributed by atoms with Crippen LogP contribution in [0, 0.1) is 0 Å². The highest BCUT2D eigenvalue weighted by Crippen LogP contribution is 2.21. The van der Waals surface area contributed by atoms with Crippen LogP contribution in [-0.4, -0.2) is 30.8 Å². The van der Waals surface area contributed by atoms with Gasteiger partial charge < -0.3 is 4.42 Å². The molecule has 128 valence electrons. The number of carbonyl (C=O) groups is 1. The highest BCUT2D eigenvalue weighted by molar-refractivity contribution is 7.90. The van der Waals surface area contributed by atoms with E-state index in [0.717, 1.165) is 11.1 Å². The smallest absolute Gasteiger partial charge is 0.322 e. The second kappa shape index (κ2) is 6.99. The van der Waals surface area contributed by atoms with E-state index in [1.807, 2.05) is 17.5 Å². The van der Waals surface area contributed by atoms with Crippen molar-refractivity contribution in [1.82, 2.24) is 10.2 Å². The molecular weight excluding hydrogens is 362 g/mol. The molecule has 9 heteroatoms. The summed E-state index contributed by atoms with van der Waals surface area (Å²) >= 11 is 1.51. The fourth-order valence-corrected chi connectivity index (χ4v) is 3.17. The van der Waals surface area contributed by atoms with E-state index >= 15 is 0 Å². The maximum Gasteiger partial charge on any atom is 0.322 e. The summed E-state index contributed by atoms with van der Waals surface area (Å²) in [5.41, 5.74) is 0.550. The Kier molecular flexibility index (Phi) is 4.77. The minimum Gasteiger partial charge on any atom is -0.403 e. The van der Waals surface area contributed by atoms with Crippen molar-refractivity contribution in [1.29, 1.82) is 0 Å². The van der Waals surface area contributed by atoms with Gasteiger partial charge in [0.05, 0.1) is 4.90 Å². The quantitative estimate of drug-likeness (QED) is 0.688. The maximum absolute atomic E-state index is 11.8. The normalized spacial score (nSPS) is 11.7. The third-order valence-corrected chi connectivity index (χ3v) is 5.09. The molecule has 1 amide bonds. The topological polar surface area (TPSA) is 102 Å². The first kappa shape index (κ1) is 17.1. The Morgan fingerprint density at radius 1 is 1.20 bits per heavy atom. The standard InChI is InChI=1S/C16H13N3O4S2/c1-25(21,22)13-7-4-11(5-8-13)15-18-19-16(23-15)17-14(20)9-6-12-3-2-10-24-12/h2-10H,1H3,(H,17,19,20)/b9-6+. The van der Waals surface area contributed by atoms with E-state index in [9.17, 15) is 13.2 Å². The van der Waals surface area contributed by atoms with E-state index < -0.39 is 15.7 Å². The SMILES string of the molecule is CS(=O)(=O)c1ccc(-c2nnc(NC(=O)/C=C/c3cccs3)o2)cc1. The van der Waals surface area contributed by atoms with Crippen molar-refractivity contribution in [2.24, 2.45) is 0 Å². The molecule has 25 heavy (non-hydrogen) atoms. The minimum atomic E-state index is -3.27. The van der Waals surface area contributed by atoms with E-state index in [0.29, 0.717) is 5.56 Å². The number of benzene rings is 1. The van der Waals surface area contributed by atoms with Crippen molar-refractivity contribution in [2.45, 2.75) is 4.90 Å². The zero-order valence-corrected chi connectivity index (χ0v) is 14.7. The molecular formula is C16H13N3O4S2. The van der Waals surface area contributed by atoms with E-state index in [1.54, 1.807) is 18.2 Å². The Labute approximate surface area is 147 Å². The van der Waals surface area contributed by atoms with E-state index in [-0.39, 0.29) is 16.8 Å². The lowest BCUT2D eigenvalue weighted by Crippen LogP contribution is -2.07. The lowest BCUT2D eigenvalue weighted by atomic mass is 10.2. The van der Waals surface area contributed by atoms with Crippen molar-refractivity contribution in [2.75, 3.05) is 11.6 Å². The van der Waals surface area contributed by atoms with Crippen LogP contribution in [-0.2, 0) is 14.6 Å². The molecule has 0 spiro atoms. The monoisotopic (exact) mass is 375 g/mol. The summed E-state index contributed by atoms with van der Waals surface area (Å²) in [6, 6.07) is 9.77. The minimum absolute atomic E-state index is 0.0389. The molecule has 0 atom stereocenters. The van der Waals surface area contributed by atoms with Gasteiger partial charge in [-0.2, -0.15) is 0 Å². The molecule has 0 radical (unpaired) electrons. The van der Waals surface area contributed by atoms with Gasteiger partial charge in [-0.05, 0) is 41.8 Å². The van der Waals surface area contributed by atoms with Crippen LogP contribution >= 0.6 is 11.3 Å². The van der Waals surface area contributed by atoms with Crippen LogP contribution in [0.3, 0.4) is 0 Å².